The number of ether oxygens (including phenoxy) is 1. The molecule has 1 fully saturated rings. The van der Waals surface area contributed by atoms with Crippen LogP contribution in [0.25, 0.3) is 6.08 Å². The van der Waals surface area contributed by atoms with Crippen LogP contribution in [0, 0.1) is 13.8 Å². The number of barbiturate groups is 1. The summed E-state index contributed by atoms with van der Waals surface area (Å²) >= 11 is 0. The van der Waals surface area contributed by atoms with E-state index in [2.05, 4.69) is 4.74 Å². The van der Waals surface area contributed by atoms with Gasteiger partial charge in [-0.05, 0) is 48.7 Å². The van der Waals surface area contributed by atoms with Gasteiger partial charge in [-0.2, -0.15) is 8.78 Å². The molecule has 0 saturated carbocycles. The number of carbonyl (C=O) groups is 3. The zero-order chi connectivity index (χ0) is 18.2. The van der Waals surface area contributed by atoms with Crippen molar-refractivity contribution in [3.63, 3.8) is 0 Å². The Morgan fingerprint density at radius 2 is 1.46 bits per heavy atom. The number of alkyl halides is 2. The van der Waals surface area contributed by atoms with Crippen LogP contribution in [-0.4, -0.2) is 48.4 Å². The molecule has 1 aromatic rings. The molecular formula is C16H16F2N2O4. The van der Waals surface area contributed by atoms with Crippen LogP contribution in [0.3, 0.4) is 0 Å². The molecule has 24 heavy (non-hydrogen) atoms. The maximum Gasteiger partial charge on any atom is 0.387 e. The van der Waals surface area contributed by atoms with Crippen LogP contribution in [0.2, 0.25) is 0 Å². The highest BCUT2D eigenvalue weighted by molar-refractivity contribution is 6.30. The van der Waals surface area contributed by atoms with Crippen molar-refractivity contribution in [3.05, 3.63) is 34.4 Å². The van der Waals surface area contributed by atoms with Crippen LogP contribution in [-0.2, 0) is 9.59 Å². The van der Waals surface area contributed by atoms with E-state index in [4.69, 9.17) is 0 Å². The second-order valence-electron chi connectivity index (χ2n) is 5.43. The molecule has 0 radical (unpaired) electrons. The van der Waals surface area contributed by atoms with Gasteiger partial charge in [0.05, 0.1) is 0 Å². The van der Waals surface area contributed by atoms with Crippen molar-refractivity contribution in [2.24, 2.45) is 0 Å². The number of amides is 4. The van der Waals surface area contributed by atoms with Gasteiger partial charge in [0, 0.05) is 14.1 Å². The normalized spacial score (nSPS) is 15.5. The average molecular weight is 338 g/mol. The van der Waals surface area contributed by atoms with E-state index in [1.165, 1.54) is 32.3 Å². The van der Waals surface area contributed by atoms with E-state index in [0.717, 1.165) is 9.80 Å². The lowest BCUT2D eigenvalue weighted by Gasteiger charge is -2.28. The van der Waals surface area contributed by atoms with Crippen molar-refractivity contribution < 1.29 is 27.9 Å². The zero-order valence-electron chi connectivity index (χ0n) is 13.6. The van der Waals surface area contributed by atoms with Crippen LogP contribution >= 0.6 is 0 Å². The van der Waals surface area contributed by atoms with Crippen LogP contribution in [0.5, 0.6) is 5.75 Å². The molecule has 2 rings (SSSR count). The number of likely N-dealkylation sites (N-methyl/N-ethyl adjacent to an activating group) is 2. The molecule has 1 saturated heterocycles. The standard InChI is InChI=1S/C16H16F2N2O4/c1-8-5-10(6-9(2)12(8)24-15(17)18)7-11-13(21)19(3)16(23)20(4)14(11)22/h5-7,15H,1-4H3. The van der Waals surface area contributed by atoms with E-state index < -0.39 is 24.5 Å². The number of nitrogens with zero attached hydrogens (tertiary/aromatic N) is 2. The van der Waals surface area contributed by atoms with E-state index in [-0.39, 0.29) is 11.3 Å². The minimum atomic E-state index is -2.94. The minimum Gasteiger partial charge on any atom is -0.434 e. The second kappa shape index (κ2) is 6.38. The van der Waals surface area contributed by atoms with Gasteiger partial charge in [0.2, 0.25) is 0 Å². The molecular weight excluding hydrogens is 322 g/mol. The molecule has 1 heterocycles. The molecule has 1 aromatic carbocycles. The Hall–Kier alpha value is -2.77. The van der Waals surface area contributed by atoms with Gasteiger partial charge in [0.1, 0.15) is 11.3 Å². The van der Waals surface area contributed by atoms with Gasteiger partial charge in [-0.25, -0.2) is 4.79 Å². The van der Waals surface area contributed by atoms with E-state index in [9.17, 15) is 23.2 Å². The molecule has 8 heteroatoms. The number of carbonyl (C=O) groups excluding carboxylic acids is 3. The maximum absolute atomic E-state index is 12.4. The fourth-order valence-corrected chi connectivity index (χ4v) is 2.48. The van der Waals surface area contributed by atoms with Crippen molar-refractivity contribution in [1.29, 1.82) is 0 Å². The molecule has 4 amide bonds. The van der Waals surface area contributed by atoms with Gasteiger partial charge in [-0.15, -0.1) is 0 Å². The molecule has 0 spiro atoms. The van der Waals surface area contributed by atoms with Crippen LogP contribution in [0.1, 0.15) is 16.7 Å². The molecule has 1 aliphatic heterocycles. The first kappa shape index (κ1) is 17.6. The first-order valence-electron chi connectivity index (χ1n) is 7.01. The third kappa shape index (κ3) is 3.12. The van der Waals surface area contributed by atoms with Gasteiger partial charge in [0.15, 0.2) is 0 Å². The van der Waals surface area contributed by atoms with E-state index in [1.54, 1.807) is 13.8 Å². The van der Waals surface area contributed by atoms with Crippen LogP contribution in [0.15, 0.2) is 17.7 Å². The summed E-state index contributed by atoms with van der Waals surface area (Å²) in [6, 6.07) is 2.33. The number of hydrogen-bond acceptors (Lipinski definition) is 4. The monoisotopic (exact) mass is 338 g/mol. The highest BCUT2D eigenvalue weighted by atomic mass is 19.3. The molecule has 0 bridgehead atoms. The van der Waals surface area contributed by atoms with Gasteiger partial charge in [-0.1, -0.05) is 0 Å². The number of rotatable bonds is 3. The fraction of sp³-hybridized carbons (Fsp3) is 0.312. The number of imide groups is 2. The molecule has 0 atom stereocenters. The summed E-state index contributed by atoms with van der Waals surface area (Å²) < 4.78 is 29.3. The van der Waals surface area contributed by atoms with Crippen molar-refractivity contribution in [2.45, 2.75) is 20.5 Å². The molecule has 0 unspecified atom stereocenters. The maximum atomic E-state index is 12.4. The predicted octanol–water partition coefficient (Wildman–Crippen LogP) is 2.34. The molecule has 0 N–H and O–H groups in total. The summed E-state index contributed by atoms with van der Waals surface area (Å²) in [5, 5.41) is 0. The quantitative estimate of drug-likeness (QED) is 0.627. The summed E-state index contributed by atoms with van der Waals surface area (Å²) in [4.78, 5) is 37.7. The predicted molar refractivity (Wildman–Crippen MR) is 81.5 cm³/mol. The highest BCUT2D eigenvalue weighted by Crippen LogP contribution is 2.28. The first-order valence-corrected chi connectivity index (χ1v) is 7.01. The Labute approximate surface area is 137 Å². The summed E-state index contributed by atoms with van der Waals surface area (Å²) in [6.45, 7) is 0.222. The Bertz CT molecular complexity index is 709. The molecule has 0 aromatic heterocycles. The SMILES string of the molecule is Cc1cc(C=C2C(=O)N(C)C(=O)N(C)C2=O)cc(C)c1OC(F)F. The summed E-state index contributed by atoms with van der Waals surface area (Å²) in [6.07, 6.45) is 1.33. The van der Waals surface area contributed by atoms with Crippen molar-refractivity contribution in [1.82, 2.24) is 9.80 Å². The van der Waals surface area contributed by atoms with Crippen molar-refractivity contribution in [3.8, 4) is 5.75 Å². The highest BCUT2D eigenvalue weighted by Gasteiger charge is 2.37. The van der Waals surface area contributed by atoms with E-state index in [1.807, 2.05) is 0 Å². The summed E-state index contributed by atoms with van der Waals surface area (Å²) in [5.41, 5.74) is 1.17. The van der Waals surface area contributed by atoms with Crippen molar-refractivity contribution >= 4 is 23.9 Å². The largest absolute Gasteiger partial charge is 0.434 e. The molecule has 0 aliphatic carbocycles. The number of halogens is 2. The lowest BCUT2D eigenvalue weighted by atomic mass is 10.0. The van der Waals surface area contributed by atoms with Crippen LogP contribution in [0.4, 0.5) is 13.6 Å². The smallest absolute Gasteiger partial charge is 0.387 e. The first-order chi connectivity index (χ1) is 11.1. The van der Waals surface area contributed by atoms with Crippen molar-refractivity contribution in [2.75, 3.05) is 14.1 Å². The Morgan fingerprint density at radius 1 is 1.00 bits per heavy atom. The average Bonchev–Trinajstić information content (AvgIpc) is 2.51. The number of urea groups is 1. The Kier molecular flexibility index (Phi) is 4.68. The second-order valence-corrected chi connectivity index (χ2v) is 5.43. The number of benzene rings is 1. The molecule has 6 nitrogen and oxygen atoms in total. The van der Waals surface area contributed by atoms with Crippen LogP contribution < -0.4 is 4.74 Å². The number of aryl methyl sites for hydroxylation is 2. The summed E-state index contributed by atoms with van der Waals surface area (Å²) in [7, 11) is 2.55. The number of hydrogen-bond donors (Lipinski definition) is 0. The van der Waals surface area contributed by atoms with E-state index >= 15 is 0 Å². The molecule has 128 valence electrons. The topological polar surface area (TPSA) is 66.9 Å². The van der Waals surface area contributed by atoms with Gasteiger partial charge < -0.3 is 4.74 Å². The zero-order valence-corrected chi connectivity index (χ0v) is 13.6. The van der Waals surface area contributed by atoms with Gasteiger partial charge >= 0.3 is 12.6 Å². The van der Waals surface area contributed by atoms with E-state index in [0.29, 0.717) is 16.7 Å². The third-order valence-electron chi connectivity index (χ3n) is 3.64. The molecule has 1 aliphatic rings. The van der Waals surface area contributed by atoms with Gasteiger partial charge in [-0.3, -0.25) is 19.4 Å². The lowest BCUT2D eigenvalue weighted by molar-refractivity contribution is -0.134. The summed E-state index contributed by atoms with van der Waals surface area (Å²) in [5.74, 6) is -1.38. The Balaban J connectivity index is 2.45. The lowest BCUT2D eigenvalue weighted by Crippen LogP contribution is -2.52. The fourth-order valence-electron chi connectivity index (χ4n) is 2.48. The Morgan fingerprint density at radius 3 is 1.88 bits per heavy atom. The van der Waals surface area contributed by atoms with Gasteiger partial charge in [0.25, 0.3) is 11.8 Å². The third-order valence-corrected chi connectivity index (χ3v) is 3.64. The minimum absolute atomic E-state index is 0.0536.